The van der Waals surface area contributed by atoms with Crippen LogP contribution >= 0.6 is 0 Å². The SMILES string of the molecule is C=C(/C=C(\C=C\CN(C/C(C)=C\N(CC)CC(CCC)OC)/C(N)=N/N)C(F)(F)F)C(F)(F)F. The Labute approximate surface area is 197 Å². The van der Waals surface area contributed by atoms with Crippen molar-refractivity contribution >= 4 is 5.96 Å². The molecule has 0 aliphatic rings. The van der Waals surface area contributed by atoms with E-state index in [1.807, 2.05) is 18.0 Å². The van der Waals surface area contributed by atoms with Crippen molar-refractivity contribution in [3.05, 3.63) is 47.7 Å². The summed E-state index contributed by atoms with van der Waals surface area (Å²) in [5, 5.41) is 3.38. The lowest BCUT2D eigenvalue weighted by Gasteiger charge is -2.27. The summed E-state index contributed by atoms with van der Waals surface area (Å²) in [4.78, 5) is 3.43. The van der Waals surface area contributed by atoms with Gasteiger partial charge in [-0.05, 0) is 38.1 Å². The van der Waals surface area contributed by atoms with Gasteiger partial charge in [-0.3, -0.25) is 0 Å². The predicted octanol–water partition coefficient (Wildman–Crippen LogP) is 4.68. The van der Waals surface area contributed by atoms with Gasteiger partial charge in [0.15, 0.2) is 0 Å². The number of rotatable bonds is 13. The molecule has 0 aromatic rings. The minimum Gasteiger partial charge on any atom is -0.380 e. The Bertz CT molecular complexity index is 756. The molecule has 1 atom stereocenters. The molecule has 1 unspecified atom stereocenters. The highest BCUT2D eigenvalue weighted by Crippen LogP contribution is 2.32. The van der Waals surface area contributed by atoms with Gasteiger partial charge in [-0.25, -0.2) is 0 Å². The molecule has 34 heavy (non-hydrogen) atoms. The number of alkyl halides is 6. The smallest absolute Gasteiger partial charge is 0.380 e. The fraction of sp³-hybridized carbons (Fsp3) is 0.591. The Kier molecular flexibility index (Phi) is 13.5. The van der Waals surface area contributed by atoms with Crippen LogP contribution in [-0.2, 0) is 4.74 Å². The zero-order valence-corrected chi connectivity index (χ0v) is 20.0. The molecule has 4 N–H and O–H groups in total. The highest BCUT2D eigenvalue weighted by molar-refractivity contribution is 5.78. The number of guanidine groups is 1. The van der Waals surface area contributed by atoms with Crippen molar-refractivity contribution in [2.75, 3.05) is 33.3 Å². The summed E-state index contributed by atoms with van der Waals surface area (Å²) in [7, 11) is 1.64. The van der Waals surface area contributed by atoms with Crippen LogP contribution in [0, 0.1) is 0 Å². The molecule has 0 aromatic heterocycles. The Morgan fingerprint density at radius 3 is 2.21 bits per heavy atom. The monoisotopic (exact) mass is 499 g/mol. The average Bonchev–Trinajstić information content (AvgIpc) is 2.74. The standard InChI is InChI=1S/C22H35F6N5O/c1-6-9-19(34-5)15-32(7-2)13-16(3)14-33(20(29)31-30)11-8-10-18(22(26,27)28)12-17(4)21(23,24)25/h8,10,12-13,19H,4,6-7,9,11,14-15,30H2,1-3,5H3,(H2,29,31)/b10-8+,16-13-,18-12+. The van der Waals surface area contributed by atoms with Gasteiger partial charge in [-0.2, -0.15) is 26.3 Å². The van der Waals surface area contributed by atoms with Crippen LogP contribution in [0.3, 0.4) is 0 Å². The van der Waals surface area contributed by atoms with E-state index in [9.17, 15) is 26.3 Å². The third-order valence-electron chi connectivity index (χ3n) is 4.73. The molecule has 0 bridgehead atoms. The van der Waals surface area contributed by atoms with Crippen LogP contribution in [0.2, 0.25) is 0 Å². The van der Waals surface area contributed by atoms with Gasteiger partial charge in [0, 0.05) is 38.9 Å². The molecule has 0 saturated heterocycles. The van der Waals surface area contributed by atoms with Gasteiger partial charge in [-0.15, -0.1) is 5.10 Å². The summed E-state index contributed by atoms with van der Waals surface area (Å²) < 4.78 is 82.8. The van der Waals surface area contributed by atoms with Crippen molar-refractivity contribution in [1.29, 1.82) is 0 Å². The number of halogens is 6. The normalized spacial score (nSPS) is 15.1. The molecule has 0 aliphatic carbocycles. The van der Waals surface area contributed by atoms with Gasteiger partial charge in [0.05, 0.1) is 11.7 Å². The Balaban J connectivity index is 5.58. The van der Waals surface area contributed by atoms with E-state index in [1.165, 1.54) is 4.90 Å². The second-order valence-electron chi connectivity index (χ2n) is 7.60. The third kappa shape index (κ3) is 12.0. The molecule has 196 valence electrons. The highest BCUT2D eigenvalue weighted by Gasteiger charge is 2.36. The van der Waals surface area contributed by atoms with Crippen molar-refractivity contribution in [2.24, 2.45) is 16.7 Å². The number of hydrogen-bond acceptors (Lipinski definition) is 4. The van der Waals surface area contributed by atoms with Crippen molar-refractivity contribution in [3.63, 3.8) is 0 Å². The minimum atomic E-state index is -5.00. The fourth-order valence-corrected chi connectivity index (χ4v) is 2.92. The van der Waals surface area contributed by atoms with Crippen molar-refractivity contribution in [1.82, 2.24) is 9.80 Å². The summed E-state index contributed by atoms with van der Waals surface area (Å²) in [6.07, 6.45) is -4.66. The fourth-order valence-electron chi connectivity index (χ4n) is 2.92. The van der Waals surface area contributed by atoms with Gasteiger partial charge >= 0.3 is 12.4 Å². The second kappa shape index (κ2) is 14.6. The number of nitrogens with zero attached hydrogens (tertiary/aromatic N) is 3. The van der Waals surface area contributed by atoms with E-state index in [0.717, 1.165) is 24.5 Å². The lowest BCUT2D eigenvalue weighted by molar-refractivity contribution is -0.0931. The predicted molar refractivity (Wildman–Crippen MR) is 123 cm³/mol. The maximum absolute atomic E-state index is 13.2. The van der Waals surface area contributed by atoms with E-state index in [2.05, 4.69) is 18.6 Å². The molecule has 0 fully saturated rings. The molecule has 0 spiro atoms. The Morgan fingerprint density at radius 1 is 1.15 bits per heavy atom. The maximum atomic E-state index is 13.2. The Morgan fingerprint density at radius 2 is 1.76 bits per heavy atom. The number of allylic oxidation sites excluding steroid dienone is 4. The molecular weight excluding hydrogens is 464 g/mol. The molecule has 0 amide bonds. The molecule has 0 radical (unpaired) electrons. The quantitative estimate of drug-likeness (QED) is 0.0961. The van der Waals surface area contributed by atoms with Crippen molar-refractivity contribution in [3.8, 4) is 0 Å². The number of methoxy groups -OCH3 is 1. The molecular formula is C22H35F6N5O. The van der Waals surface area contributed by atoms with E-state index in [0.29, 0.717) is 19.2 Å². The average molecular weight is 500 g/mol. The number of likely N-dealkylation sites (N-methyl/N-ethyl adjacent to an activating group) is 1. The van der Waals surface area contributed by atoms with Crippen LogP contribution in [-0.4, -0.2) is 67.5 Å². The zero-order valence-electron chi connectivity index (χ0n) is 20.0. The molecule has 12 heteroatoms. The first-order valence-electron chi connectivity index (χ1n) is 10.6. The van der Waals surface area contributed by atoms with Crippen LogP contribution in [0.5, 0.6) is 0 Å². The molecule has 0 heterocycles. The molecule has 0 saturated carbocycles. The number of ether oxygens (including phenoxy) is 1. The van der Waals surface area contributed by atoms with E-state index < -0.39 is 23.5 Å². The van der Waals surface area contributed by atoms with Crippen LogP contribution in [0.4, 0.5) is 26.3 Å². The first-order valence-corrected chi connectivity index (χ1v) is 10.6. The number of hydrazone groups is 1. The molecule has 6 nitrogen and oxygen atoms in total. The van der Waals surface area contributed by atoms with E-state index in [-0.39, 0.29) is 31.2 Å². The van der Waals surface area contributed by atoms with Gasteiger partial charge in [0.25, 0.3) is 0 Å². The van der Waals surface area contributed by atoms with Crippen LogP contribution in [0.15, 0.2) is 52.8 Å². The highest BCUT2D eigenvalue weighted by atomic mass is 19.4. The van der Waals surface area contributed by atoms with Crippen LogP contribution in [0.1, 0.15) is 33.6 Å². The first kappa shape index (κ1) is 31.4. The van der Waals surface area contributed by atoms with E-state index in [1.54, 1.807) is 14.0 Å². The van der Waals surface area contributed by atoms with E-state index >= 15 is 0 Å². The van der Waals surface area contributed by atoms with Crippen molar-refractivity contribution in [2.45, 2.75) is 52.1 Å². The van der Waals surface area contributed by atoms with Crippen molar-refractivity contribution < 1.29 is 31.1 Å². The van der Waals surface area contributed by atoms with Gasteiger partial charge in [0.2, 0.25) is 5.96 Å². The minimum absolute atomic E-state index is 0.0442. The number of hydrogen-bond donors (Lipinski definition) is 2. The molecule has 0 aliphatic heterocycles. The molecule has 0 rings (SSSR count). The lowest BCUT2D eigenvalue weighted by atomic mass is 10.1. The molecule has 0 aromatic carbocycles. The van der Waals surface area contributed by atoms with Gasteiger partial charge < -0.3 is 26.1 Å². The van der Waals surface area contributed by atoms with Gasteiger partial charge in [0.1, 0.15) is 0 Å². The van der Waals surface area contributed by atoms with E-state index in [4.69, 9.17) is 16.3 Å². The lowest BCUT2D eigenvalue weighted by Crippen LogP contribution is -2.39. The summed E-state index contributed by atoms with van der Waals surface area (Å²) in [5.74, 6) is 5.09. The second-order valence-corrected chi connectivity index (χ2v) is 7.60. The number of nitrogens with two attached hydrogens (primary N) is 2. The third-order valence-corrected chi connectivity index (χ3v) is 4.73. The topological polar surface area (TPSA) is 80.1 Å². The summed E-state index contributed by atoms with van der Waals surface area (Å²) in [6.45, 7) is 9.85. The van der Waals surface area contributed by atoms with Gasteiger partial charge in [-0.1, -0.05) is 32.1 Å². The largest absolute Gasteiger partial charge is 0.416 e. The summed E-state index contributed by atoms with van der Waals surface area (Å²) >= 11 is 0. The van der Waals surface area contributed by atoms with Crippen LogP contribution in [0.25, 0.3) is 0 Å². The first-order chi connectivity index (χ1) is 15.7. The van der Waals surface area contributed by atoms with Crippen LogP contribution < -0.4 is 11.6 Å². The maximum Gasteiger partial charge on any atom is 0.416 e. The summed E-state index contributed by atoms with van der Waals surface area (Å²) in [5.41, 5.74) is 3.47. The summed E-state index contributed by atoms with van der Waals surface area (Å²) in [6, 6.07) is 0. The Hall–Kier alpha value is -2.63. The zero-order chi connectivity index (χ0) is 26.5.